The number of benzene rings is 2. The number of ether oxygens (including phenoxy) is 1. The zero-order valence-electron chi connectivity index (χ0n) is 15.1. The average Bonchev–Trinajstić information content (AvgIpc) is 2.89. The molecule has 0 bridgehead atoms. The van der Waals surface area contributed by atoms with Crippen molar-refractivity contribution in [1.29, 1.82) is 0 Å². The van der Waals surface area contributed by atoms with E-state index in [1.54, 1.807) is 6.92 Å². The van der Waals surface area contributed by atoms with E-state index in [9.17, 15) is 23.3 Å². The fourth-order valence-corrected chi connectivity index (χ4v) is 2.90. The highest BCUT2D eigenvalue weighted by atomic mass is 19.1. The molecule has 0 aliphatic rings. The molecule has 2 aromatic carbocycles. The Bertz CT molecular complexity index is 1060. The Labute approximate surface area is 157 Å². The Balaban J connectivity index is 2.18. The van der Waals surface area contributed by atoms with Crippen LogP contribution in [0.4, 0.5) is 30.4 Å². The van der Waals surface area contributed by atoms with E-state index in [-0.39, 0.29) is 34.1 Å². The van der Waals surface area contributed by atoms with Crippen molar-refractivity contribution >= 4 is 17.2 Å². The van der Waals surface area contributed by atoms with Crippen LogP contribution in [0.25, 0.3) is 11.1 Å². The van der Waals surface area contributed by atoms with E-state index >= 15 is 0 Å². The van der Waals surface area contributed by atoms with Gasteiger partial charge in [0.15, 0.2) is 0 Å². The number of aryl methyl sites for hydroxylation is 2. The van der Waals surface area contributed by atoms with Gasteiger partial charge in [0, 0.05) is 19.2 Å². The molecular weight excluding hydrogens is 377 g/mol. The lowest BCUT2D eigenvalue weighted by Gasteiger charge is -2.12. The lowest BCUT2D eigenvalue weighted by molar-refractivity contribution is -0.384. The number of halogens is 3. The van der Waals surface area contributed by atoms with Gasteiger partial charge >= 0.3 is 0 Å². The first-order valence-corrected chi connectivity index (χ1v) is 8.01. The van der Waals surface area contributed by atoms with Gasteiger partial charge in [-0.2, -0.15) is 5.10 Å². The summed E-state index contributed by atoms with van der Waals surface area (Å²) in [5.41, 5.74) is -0.569. The smallest absolute Gasteiger partial charge is 0.295 e. The van der Waals surface area contributed by atoms with Crippen LogP contribution in [-0.2, 0) is 7.05 Å². The largest absolute Gasteiger partial charge is 0.497 e. The minimum atomic E-state index is -0.885. The Morgan fingerprint density at radius 3 is 2.36 bits per heavy atom. The highest BCUT2D eigenvalue weighted by molar-refractivity contribution is 5.83. The van der Waals surface area contributed by atoms with Crippen LogP contribution in [0.5, 0.6) is 5.75 Å². The van der Waals surface area contributed by atoms with Crippen molar-refractivity contribution in [3.8, 4) is 16.9 Å². The van der Waals surface area contributed by atoms with E-state index in [1.165, 1.54) is 24.9 Å². The van der Waals surface area contributed by atoms with E-state index in [4.69, 9.17) is 4.74 Å². The minimum Gasteiger partial charge on any atom is -0.497 e. The average molecular weight is 392 g/mol. The number of anilines is 2. The number of nitro groups is 1. The maximum Gasteiger partial charge on any atom is 0.295 e. The third kappa shape index (κ3) is 3.36. The van der Waals surface area contributed by atoms with Crippen LogP contribution in [-0.4, -0.2) is 21.8 Å². The Kier molecular flexibility index (Phi) is 4.95. The molecule has 3 rings (SSSR count). The van der Waals surface area contributed by atoms with E-state index < -0.39 is 28.1 Å². The summed E-state index contributed by atoms with van der Waals surface area (Å²) in [5.74, 6) is -2.45. The lowest BCUT2D eigenvalue weighted by Crippen LogP contribution is -2.04. The maximum absolute atomic E-state index is 14.6. The quantitative estimate of drug-likeness (QED) is 0.512. The second-order valence-corrected chi connectivity index (χ2v) is 5.94. The molecule has 0 saturated heterocycles. The van der Waals surface area contributed by atoms with Crippen molar-refractivity contribution in [2.24, 2.45) is 7.05 Å². The van der Waals surface area contributed by atoms with Crippen LogP contribution in [0.2, 0.25) is 0 Å². The summed E-state index contributed by atoms with van der Waals surface area (Å²) in [6.07, 6.45) is 0. The molecule has 10 heteroatoms. The highest BCUT2D eigenvalue weighted by Gasteiger charge is 2.25. The van der Waals surface area contributed by atoms with Crippen LogP contribution in [0.3, 0.4) is 0 Å². The third-order valence-corrected chi connectivity index (χ3v) is 4.13. The van der Waals surface area contributed by atoms with Crippen molar-refractivity contribution < 1.29 is 22.8 Å². The minimum absolute atomic E-state index is 0.00368. The standard InChI is InChI=1S/C18H15F3N4O3/c1-9-16(17-12(20)7-11(28-3)8-13(17)21)18(24(2)23-9)22-14-5-4-10(19)6-15(14)25(26)27/h4-8,22H,1-3H3. The van der Waals surface area contributed by atoms with Gasteiger partial charge < -0.3 is 10.1 Å². The second-order valence-electron chi connectivity index (χ2n) is 5.94. The van der Waals surface area contributed by atoms with Crippen LogP contribution < -0.4 is 10.1 Å². The van der Waals surface area contributed by atoms with Crippen molar-refractivity contribution in [3.05, 3.63) is 63.6 Å². The lowest BCUT2D eigenvalue weighted by atomic mass is 10.0. The van der Waals surface area contributed by atoms with E-state index in [0.29, 0.717) is 0 Å². The topological polar surface area (TPSA) is 82.2 Å². The number of rotatable bonds is 5. The van der Waals surface area contributed by atoms with Crippen LogP contribution in [0.1, 0.15) is 5.69 Å². The normalized spacial score (nSPS) is 10.8. The monoisotopic (exact) mass is 392 g/mol. The predicted octanol–water partition coefficient (Wildman–Crippen LogP) is 4.47. The number of hydrogen-bond donors (Lipinski definition) is 1. The molecule has 0 radical (unpaired) electrons. The molecule has 3 aromatic rings. The van der Waals surface area contributed by atoms with Crippen molar-refractivity contribution in [2.45, 2.75) is 6.92 Å². The molecule has 28 heavy (non-hydrogen) atoms. The van der Waals surface area contributed by atoms with Gasteiger partial charge in [0.1, 0.15) is 34.7 Å². The molecule has 0 fully saturated rings. The molecule has 1 aromatic heterocycles. The van der Waals surface area contributed by atoms with Gasteiger partial charge in [0.05, 0.1) is 34.9 Å². The number of aromatic nitrogens is 2. The van der Waals surface area contributed by atoms with Gasteiger partial charge in [0.25, 0.3) is 5.69 Å². The Hall–Kier alpha value is -3.56. The first-order valence-electron chi connectivity index (χ1n) is 8.01. The molecule has 0 spiro atoms. The van der Waals surface area contributed by atoms with Gasteiger partial charge in [-0.25, -0.2) is 13.2 Å². The van der Waals surface area contributed by atoms with Crippen molar-refractivity contribution in [1.82, 2.24) is 9.78 Å². The van der Waals surface area contributed by atoms with Gasteiger partial charge in [-0.05, 0) is 19.1 Å². The second kappa shape index (κ2) is 7.22. The summed E-state index contributed by atoms with van der Waals surface area (Å²) in [4.78, 5) is 10.5. The predicted molar refractivity (Wildman–Crippen MR) is 96.2 cm³/mol. The van der Waals surface area contributed by atoms with E-state index in [0.717, 1.165) is 24.3 Å². The summed E-state index contributed by atoms with van der Waals surface area (Å²) in [6, 6.07) is 5.00. The highest BCUT2D eigenvalue weighted by Crippen LogP contribution is 2.39. The van der Waals surface area contributed by atoms with Crippen LogP contribution in [0, 0.1) is 34.5 Å². The zero-order chi connectivity index (χ0) is 20.6. The number of nitrogens with one attached hydrogen (secondary N) is 1. The van der Waals surface area contributed by atoms with Gasteiger partial charge in [-0.15, -0.1) is 0 Å². The summed E-state index contributed by atoms with van der Waals surface area (Å²) in [5, 5.41) is 18.1. The first kappa shape index (κ1) is 19.2. The first-order chi connectivity index (χ1) is 13.2. The Morgan fingerprint density at radius 1 is 1.14 bits per heavy atom. The number of methoxy groups -OCH3 is 1. The molecule has 0 aliphatic carbocycles. The fourth-order valence-electron chi connectivity index (χ4n) is 2.90. The molecule has 7 nitrogen and oxygen atoms in total. The number of nitrogens with zero attached hydrogens (tertiary/aromatic N) is 3. The molecule has 0 aliphatic heterocycles. The van der Waals surface area contributed by atoms with E-state index in [2.05, 4.69) is 10.4 Å². The summed E-state index contributed by atoms with van der Waals surface area (Å²) in [6.45, 7) is 1.54. The van der Waals surface area contributed by atoms with Gasteiger partial charge in [-0.1, -0.05) is 0 Å². The Morgan fingerprint density at radius 2 is 1.79 bits per heavy atom. The molecule has 0 unspecified atom stereocenters. The molecule has 146 valence electrons. The van der Waals surface area contributed by atoms with Gasteiger partial charge in [0.2, 0.25) is 0 Å². The summed E-state index contributed by atoms with van der Waals surface area (Å²) >= 11 is 0. The molecule has 0 amide bonds. The molecule has 1 N–H and O–H groups in total. The molecular formula is C18H15F3N4O3. The summed E-state index contributed by atoms with van der Waals surface area (Å²) < 4.78 is 48.8. The van der Waals surface area contributed by atoms with Gasteiger partial charge in [-0.3, -0.25) is 14.8 Å². The molecule has 0 atom stereocenters. The summed E-state index contributed by atoms with van der Waals surface area (Å²) in [7, 11) is 2.79. The zero-order valence-corrected chi connectivity index (χ0v) is 15.1. The molecule has 0 saturated carbocycles. The van der Waals surface area contributed by atoms with Crippen LogP contribution >= 0.6 is 0 Å². The third-order valence-electron chi connectivity index (χ3n) is 4.13. The molecule has 1 heterocycles. The van der Waals surface area contributed by atoms with Crippen molar-refractivity contribution in [2.75, 3.05) is 12.4 Å². The van der Waals surface area contributed by atoms with E-state index in [1.807, 2.05) is 0 Å². The SMILES string of the molecule is COc1cc(F)c(-c2c(C)nn(C)c2Nc2ccc(F)cc2[N+](=O)[O-])c(F)c1. The number of hydrogen-bond acceptors (Lipinski definition) is 5. The van der Waals surface area contributed by atoms with Crippen molar-refractivity contribution in [3.63, 3.8) is 0 Å². The maximum atomic E-state index is 14.6. The number of nitro benzene ring substituents is 1. The fraction of sp³-hybridized carbons (Fsp3) is 0.167. The van der Waals surface area contributed by atoms with Crippen LogP contribution in [0.15, 0.2) is 30.3 Å².